The second-order valence-corrected chi connectivity index (χ2v) is 3.39. The lowest BCUT2D eigenvalue weighted by Crippen LogP contribution is -2.07. The Kier molecular flexibility index (Phi) is 2.89. The molecule has 0 saturated heterocycles. The maximum absolute atomic E-state index is 12.7. The topological polar surface area (TPSA) is 52.0 Å². The Hall–Kier alpha value is -1.82. The molecule has 17 heavy (non-hydrogen) atoms. The molecule has 0 amide bonds. The van der Waals surface area contributed by atoms with Crippen LogP contribution >= 0.6 is 0 Å². The quantitative estimate of drug-likeness (QED) is 0.880. The van der Waals surface area contributed by atoms with Crippen molar-refractivity contribution in [3.05, 3.63) is 41.8 Å². The van der Waals surface area contributed by atoms with E-state index in [2.05, 4.69) is 4.98 Å². The summed E-state index contributed by atoms with van der Waals surface area (Å²) in [6, 6.07) is 5.12. The molecule has 1 aromatic heterocycles. The summed E-state index contributed by atoms with van der Waals surface area (Å²) in [4.78, 5) is 3.88. The summed E-state index contributed by atoms with van der Waals surface area (Å²) in [6.07, 6.45) is -3.18. The summed E-state index contributed by atoms with van der Waals surface area (Å²) < 4.78 is 43.2. The van der Waals surface area contributed by atoms with E-state index in [1.54, 1.807) is 0 Å². The van der Waals surface area contributed by atoms with E-state index in [1.165, 1.54) is 24.5 Å². The molecular formula is C11H9F3N2O. The standard InChI is InChI=1S/C11H9F3N2O/c12-11(13,14)9-4-2-1-3-8(9)10-16-7(5-15)6-17-10/h1-4,6H,5,15H2. The number of rotatable bonds is 2. The summed E-state index contributed by atoms with van der Waals surface area (Å²) in [6.45, 7) is 0.123. The molecule has 1 heterocycles. The maximum Gasteiger partial charge on any atom is 0.417 e. The van der Waals surface area contributed by atoms with E-state index in [1.807, 2.05) is 0 Å². The summed E-state index contributed by atoms with van der Waals surface area (Å²) in [7, 11) is 0. The van der Waals surface area contributed by atoms with Crippen LogP contribution in [0.2, 0.25) is 0 Å². The third kappa shape index (κ3) is 2.31. The Morgan fingerprint density at radius 3 is 2.53 bits per heavy atom. The van der Waals surface area contributed by atoms with E-state index in [-0.39, 0.29) is 18.0 Å². The van der Waals surface area contributed by atoms with E-state index >= 15 is 0 Å². The van der Waals surface area contributed by atoms with Crippen molar-refractivity contribution in [3.63, 3.8) is 0 Å². The fourth-order valence-electron chi connectivity index (χ4n) is 1.44. The number of benzene rings is 1. The maximum atomic E-state index is 12.7. The number of aromatic nitrogens is 1. The number of alkyl halides is 3. The Balaban J connectivity index is 2.52. The minimum atomic E-state index is -4.44. The van der Waals surface area contributed by atoms with E-state index in [0.717, 1.165) is 6.07 Å². The normalized spacial score (nSPS) is 11.8. The third-order valence-corrected chi connectivity index (χ3v) is 2.22. The predicted molar refractivity (Wildman–Crippen MR) is 54.8 cm³/mol. The first kappa shape index (κ1) is 11.7. The number of hydrogen-bond donors (Lipinski definition) is 1. The van der Waals surface area contributed by atoms with Gasteiger partial charge in [-0.3, -0.25) is 0 Å². The van der Waals surface area contributed by atoms with Gasteiger partial charge in [0.25, 0.3) is 0 Å². The lowest BCUT2D eigenvalue weighted by molar-refractivity contribution is -0.137. The second kappa shape index (κ2) is 4.21. The van der Waals surface area contributed by atoms with Gasteiger partial charge in [0.2, 0.25) is 5.89 Å². The molecule has 6 heteroatoms. The number of oxazole rings is 1. The van der Waals surface area contributed by atoms with E-state index in [9.17, 15) is 13.2 Å². The van der Waals surface area contributed by atoms with Gasteiger partial charge < -0.3 is 10.2 Å². The van der Waals surface area contributed by atoms with Crippen LogP contribution in [0, 0.1) is 0 Å². The van der Waals surface area contributed by atoms with E-state index < -0.39 is 11.7 Å². The largest absolute Gasteiger partial charge is 0.444 e. The molecule has 3 nitrogen and oxygen atoms in total. The first-order chi connectivity index (χ1) is 8.02. The lowest BCUT2D eigenvalue weighted by Gasteiger charge is -2.09. The van der Waals surface area contributed by atoms with Gasteiger partial charge in [0.15, 0.2) is 0 Å². The minimum absolute atomic E-state index is 0.0709. The molecule has 2 N–H and O–H groups in total. The van der Waals surface area contributed by atoms with Gasteiger partial charge in [0.05, 0.1) is 11.3 Å². The van der Waals surface area contributed by atoms with Crippen LogP contribution in [0.15, 0.2) is 34.9 Å². The highest BCUT2D eigenvalue weighted by atomic mass is 19.4. The van der Waals surface area contributed by atoms with Gasteiger partial charge in [-0.1, -0.05) is 12.1 Å². The molecule has 2 aromatic rings. The van der Waals surface area contributed by atoms with Crippen molar-refractivity contribution in [2.24, 2.45) is 5.73 Å². The highest BCUT2D eigenvalue weighted by Crippen LogP contribution is 2.36. The van der Waals surface area contributed by atoms with Gasteiger partial charge in [-0.25, -0.2) is 4.98 Å². The highest BCUT2D eigenvalue weighted by molar-refractivity contribution is 5.59. The highest BCUT2D eigenvalue weighted by Gasteiger charge is 2.34. The van der Waals surface area contributed by atoms with Crippen LogP contribution in [-0.4, -0.2) is 4.98 Å². The molecule has 90 valence electrons. The van der Waals surface area contributed by atoms with E-state index in [4.69, 9.17) is 10.2 Å². The Bertz CT molecular complexity index is 519. The third-order valence-electron chi connectivity index (χ3n) is 2.22. The first-order valence-electron chi connectivity index (χ1n) is 4.83. The summed E-state index contributed by atoms with van der Waals surface area (Å²) in [5, 5.41) is 0. The zero-order valence-corrected chi connectivity index (χ0v) is 8.66. The molecule has 0 aliphatic heterocycles. The zero-order chi connectivity index (χ0) is 12.5. The van der Waals surface area contributed by atoms with Crippen LogP contribution < -0.4 is 5.73 Å². The van der Waals surface area contributed by atoms with Crippen molar-refractivity contribution < 1.29 is 17.6 Å². The molecule has 0 aliphatic rings. The Morgan fingerprint density at radius 2 is 1.94 bits per heavy atom. The van der Waals surface area contributed by atoms with Crippen LogP contribution in [0.5, 0.6) is 0 Å². The molecule has 2 rings (SSSR count). The summed E-state index contributed by atoms with van der Waals surface area (Å²) in [5.41, 5.74) is 4.88. The molecule has 0 fully saturated rings. The van der Waals surface area contributed by atoms with Crippen molar-refractivity contribution in [1.29, 1.82) is 0 Å². The van der Waals surface area contributed by atoms with Crippen LogP contribution in [0.4, 0.5) is 13.2 Å². The molecule has 0 atom stereocenters. The van der Waals surface area contributed by atoms with Crippen LogP contribution in [0.25, 0.3) is 11.5 Å². The molecule has 0 aliphatic carbocycles. The fraction of sp³-hybridized carbons (Fsp3) is 0.182. The molecule has 0 bridgehead atoms. The fourth-order valence-corrected chi connectivity index (χ4v) is 1.44. The number of hydrogen-bond acceptors (Lipinski definition) is 3. The van der Waals surface area contributed by atoms with Crippen LogP contribution in [-0.2, 0) is 12.7 Å². The van der Waals surface area contributed by atoms with E-state index in [0.29, 0.717) is 5.69 Å². The van der Waals surface area contributed by atoms with Crippen molar-refractivity contribution >= 4 is 0 Å². The van der Waals surface area contributed by atoms with Gasteiger partial charge >= 0.3 is 6.18 Å². The van der Waals surface area contributed by atoms with Crippen LogP contribution in [0.1, 0.15) is 11.3 Å². The SMILES string of the molecule is NCc1coc(-c2ccccc2C(F)(F)F)n1. The van der Waals surface area contributed by atoms with Crippen molar-refractivity contribution in [1.82, 2.24) is 4.98 Å². The minimum Gasteiger partial charge on any atom is -0.444 e. The average molecular weight is 242 g/mol. The molecule has 0 spiro atoms. The number of nitrogens with zero attached hydrogens (tertiary/aromatic N) is 1. The molecule has 1 aromatic carbocycles. The van der Waals surface area contributed by atoms with Gasteiger partial charge in [-0.15, -0.1) is 0 Å². The Labute approximate surface area is 95.1 Å². The van der Waals surface area contributed by atoms with Gasteiger partial charge in [-0.2, -0.15) is 13.2 Å². The summed E-state index contributed by atoms with van der Waals surface area (Å²) >= 11 is 0. The smallest absolute Gasteiger partial charge is 0.417 e. The molecule has 0 radical (unpaired) electrons. The number of nitrogens with two attached hydrogens (primary N) is 1. The molecule has 0 unspecified atom stereocenters. The zero-order valence-electron chi connectivity index (χ0n) is 8.66. The monoisotopic (exact) mass is 242 g/mol. The number of halogens is 3. The summed E-state index contributed by atoms with van der Waals surface area (Å²) in [5.74, 6) is -0.0709. The Morgan fingerprint density at radius 1 is 1.24 bits per heavy atom. The van der Waals surface area contributed by atoms with Crippen molar-refractivity contribution in [2.45, 2.75) is 12.7 Å². The van der Waals surface area contributed by atoms with Crippen molar-refractivity contribution in [2.75, 3.05) is 0 Å². The van der Waals surface area contributed by atoms with Crippen molar-refractivity contribution in [3.8, 4) is 11.5 Å². The van der Waals surface area contributed by atoms with Gasteiger partial charge in [-0.05, 0) is 12.1 Å². The van der Waals surface area contributed by atoms with Gasteiger partial charge in [0.1, 0.15) is 6.26 Å². The van der Waals surface area contributed by atoms with Crippen LogP contribution in [0.3, 0.4) is 0 Å². The second-order valence-electron chi connectivity index (χ2n) is 3.39. The predicted octanol–water partition coefficient (Wildman–Crippen LogP) is 2.82. The van der Waals surface area contributed by atoms with Gasteiger partial charge in [0, 0.05) is 12.1 Å². The average Bonchev–Trinajstić information content (AvgIpc) is 2.76. The molecular weight excluding hydrogens is 233 g/mol. The first-order valence-corrected chi connectivity index (χ1v) is 4.83. The lowest BCUT2D eigenvalue weighted by atomic mass is 10.1. The molecule has 0 saturated carbocycles.